The van der Waals surface area contributed by atoms with Gasteiger partial charge in [0.25, 0.3) is 0 Å². The topological polar surface area (TPSA) is 41.3 Å². The normalized spacial score (nSPS) is 13.9. The highest BCUT2D eigenvalue weighted by Crippen LogP contribution is 2.28. The molecule has 74 valence electrons. The maximum atomic E-state index is 5.41. The molecule has 1 heterocycles. The van der Waals surface area contributed by atoms with Gasteiger partial charge in [0.05, 0.1) is 0 Å². The van der Waals surface area contributed by atoms with Crippen molar-refractivity contribution in [3.05, 3.63) is 23.8 Å². The summed E-state index contributed by atoms with van der Waals surface area (Å²) in [7, 11) is 2.10. The number of benzene rings is 1. The molecule has 0 amide bonds. The summed E-state index contributed by atoms with van der Waals surface area (Å²) in [5.41, 5.74) is 9.04. The third-order valence-electron chi connectivity index (χ3n) is 2.47. The Labute approximate surface area is 88.9 Å². The Hall–Kier alpha value is -1.29. The van der Waals surface area contributed by atoms with Gasteiger partial charge >= 0.3 is 0 Å². The average molecular weight is 207 g/mol. The van der Waals surface area contributed by atoms with E-state index in [9.17, 15) is 0 Å². The Bertz CT molecular complexity index is 376. The van der Waals surface area contributed by atoms with Crippen molar-refractivity contribution in [3.63, 3.8) is 0 Å². The van der Waals surface area contributed by atoms with E-state index in [2.05, 4.69) is 29.4 Å². The minimum atomic E-state index is 0.316. The molecule has 0 unspecified atom stereocenters. The van der Waals surface area contributed by atoms with Crippen LogP contribution in [0.5, 0.6) is 0 Å². The van der Waals surface area contributed by atoms with Gasteiger partial charge in [-0.05, 0) is 42.4 Å². The second-order valence-electron chi connectivity index (χ2n) is 3.50. The molecule has 0 saturated carbocycles. The van der Waals surface area contributed by atoms with Gasteiger partial charge in [0.2, 0.25) is 0 Å². The molecule has 4 heteroatoms. The molecule has 0 aromatic heterocycles. The summed E-state index contributed by atoms with van der Waals surface area (Å²) in [4.78, 5) is 2.25. The average Bonchev–Trinajstić information content (AvgIpc) is 2.46. The molecule has 1 aromatic carbocycles. The van der Waals surface area contributed by atoms with Gasteiger partial charge in [0, 0.05) is 25.0 Å². The molecule has 0 bridgehead atoms. The zero-order valence-electron chi connectivity index (χ0n) is 8.08. The van der Waals surface area contributed by atoms with Crippen LogP contribution in [-0.4, -0.2) is 18.7 Å². The molecule has 1 aliphatic rings. The molecular weight excluding hydrogens is 194 g/mol. The number of nitrogens with one attached hydrogen (secondary N) is 1. The van der Waals surface area contributed by atoms with Crippen molar-refractivity contribution < 1.29 is 0 Å². The number of nitrogens with two attached hydrogens (primary N) is 1. The van der Waals surface area contributed by atoms with Crippen LogP contribution in [0, 0.1) is 0 Å². The van der Waals surface area contributed by atoms with Crippen LogP contribution in [0.25, 0.3) is 0 Å². The van der Waals surface area contributed by atoms with Gasteiger partial charge in [-0.1, -0.05) is 0 Å². The first-order chi connectivity index (χ1) is 6.66. The third-order valence-corrected chi connectivity index (χ3v) is 2.58. The van der Waals surface area contributed by atoms with Crippen LogP contribution in [0.2, 0.25) is 0 Å². The van der Waals surface area contributed by atoms with E-state index in [4.69, 9.17) is 18.0 Å². The molecule has 0 fully saturated rings. The van der Waals surface area contributed by atoms with Gasteiger partial charge in [-0.2, -0.15) is 0 Å². The Kier molecular flexibility index (Phi) is 2.29. The third kappa shape index (κ3) is 1.65. The summed E-state index contributed by atoms with van der Waals surface area (Å²) in [5.74, 6) is 0. The van der Waals surface area contributed by atoms with E-state index >= 15 is 0 Å². The molecule has 2 rings (SSSR count). The molecule has 0 spiro atoms. The lowest BCUT2D eigenvalue weighted by Crippen LogP contribution is -2.18. The zero-order chi connectivity index (χ0) is 10.1. The monoisotopic (exact) mass is 207 g/mol. The Morgan fingerprint density at radius 3 is 3.07 bits per heavy atom. The lowest BCUT2D eigenvalue weighted by atomic mass is 10.1. The van der Waals surface area contributed by atoms with Crippen molar-refractivity contribution in [2.45, 2.75) is 6.42 Å². The van der Waals surface area contributed by atoms with E-state index < -0.39 is 0 Å². The van der Waals surface area contributed by atoms with Crippen LogP contribution in [0.15, 0.2) is 18.2 Å². The number of likely N-dealkylation sites (N-methyl/N-ethyl adjacent to an activating group) is 1. The standard InChI is InChI=1S/C10H13N3S/c1-13-5-4-7-6-8(12-10(11)14)2-3-9(7)13/h2-3,6H,4-5H2,1H3,(H3,11,12,14). The minimum Gasteiger partial charge on any atom is -0.376 e. The first-order valence-corrected chi connectivity index (χ1v) is 4.98. The van der Waals surface area contributed by atoms with Gasteiger partial charge in [0.15, 0.2) is 5.11 Å². The van der Waals surface area contributed by atoms with Gasteiger partial charge < -0.3 is 16.0 Å². The second kappa shape index (κ2) is 3.46. The summed E-state index contributed by atoms with van der Waals surface area (Å²) in [6, 6.07) is 6.21. The van der Waals surface area contributed by atoms with Crippen molar-refractivity contribution in [3.8, 4) is 0 Å². The smallest absolute Gasteiger partial charge is 0.168 e. The molecule has 3 N–H and O–H groups in total. The fraction of sp³-hybridized carbons (Fsp3) is 0.300. The molecule has 0 atom stereocenters. The summed E-state index contributed by atoms with van der Waals surface area (Å²) in [5, 5.41) is 3.26. The molecule has 1 aliphatic heterocycles. The number of hydrogen-bond acceptors (Lipinski definition) is 2. The molecule has 0 radical (unpaired) electrons. The quantitative estimate of drug-likeness (QED) is 0.682. The van der Waals surface area contributed by atoms with Crippen LogP contribution in [0.4, 0.5) is 11.4 Å². The summed E-state index contributed by atoms with van der Waals surface area (Å²) in [6.45, 7) is 1.09. The van der Waals surface area contributed by atoms with Crippen molar-refractivity contribution >= 4 is 28.7 Å². The van der Waals surface area contributed by atoms with Crippen molar-refractivity contribution in [1.82, 2.24) is 0 Å². The minimum absolute atomic E-state index is 0.316. The summed E-state index contributed by atoms with van der Waals surface area (Å²) in [6.07, 6.45) is 1.10. The fourth-order valence-electron chi connectivity index (χ4n) is 1.79. The molecule has 1 aromatic rings. The number of fused-ring (bicyclic) bond motifs is 1. The molecule has 3 nitrogen and oxygen atoms in total. The number of hydrogen-bond donors (Lipinski definition) is 2. The largest absolute Gasteiger partial charge is 0.376 e. The van der Waals surface area contributed by atoms with Crippen molar-refractivity contribution in [1.29, 1.82) is 0 Å². The Morgan fingerprint density at radius 2 is 2.36 bits per heavy atom. The first-order valence-electron chi connectivity index (χ1n) is 4.57. The highest BCUT2D eigenvalue weighted by atomic mass is 32.1. The van der Waals surface area contributed by atoms with E-state index in [1.54, 1.807) is 0 Å². The van der Waals surface area contributed by atoms with Crippen LogP contribution < -0.4 is 16.0 Å². The van der Waals surface area contributed by atoms with Gasteiger partial charge in [0.1, 0.15) is 0 Å². The van der Waals surface area contributed by atoms with Gasteiger partial charge in [-0.3, -0.25) is 0 Å². The Morgan fingerprint density at radius 1 is 1.57 bits per heavy atom. The summed E-state index contributed by atoms with van der Waals surface area (Å²) < 4.78 is 0. The maximum absolute atomic E-state index is 5.41. The highest BCUT2D eigenvalue weighted by Gasteiger charge is 2.15. The number of rotatable bonds is 1. The number of anilines is 2. The van der Waals surface area contributed by atoms with Crippen molar-refractivity contribution in [2.24, 2.45) is 5.73 Å². The molecule has 0 saturated heterocycles. The molecule has 14 heavy (non-hydrogen) atoms. The molecular formula is C10H13N3S. The Balaban J connectivity index is 2.28. The lowest BCUT2D eigenvalue weighted by molar-refractivity contribution is 0.956. The van der Waals surface area contributed by atoms with Crippen LogP contribution in [0.3, 0.4) is 0 Å². The zero-order valence-corrected chi connectivity index (χ0v) is 8.90. The number of nitrogens with zero attached hydrogens (tertiary/aromatic N) is 1. The second-order valence-corrected chi connectivity index (χ2v) is 3.94. The van der Waals surface area contributed by atoms with Crippen LogP contribution in [0.1, 0.15) is 5.56 Å². The van der Waals surface area contributed by atoms with E-state index in [1.165, 1.54) is 11.3 Å². The number of thiocarbonyl (C=S) groups is 1. The van der Waals surface area contributed by atoms with Crippen LogP contribution >= 0.6 is 12.2 Å². The van der Waals surface area contributed by atoms with E-state index in [0.717, 1.165) is 18.7 Å². The predicted molar refractivity (Wildman–Crippen MR) is 63.8 cm³/mol. The van der Waals surface area contributed by atoms with E-state index in [0.29, 0.717) is 5.11 Å². The van der Waals surface area contributed by atoms with Gasteiger partial charge in [-0.25, -0.2) is 0 Å². The van der Waals surface area contributed by atoms with E-state index in [1.807, 2.05) is 6.07 Å². The SMILES string of the molecule is CN1CCc2cc(NC(N)=S)ccc21. The maximum Gasteiger partial charge on any atom is 0.168 e. The lowest BCUT2D eigenvalue weighted by Gasteiger charge is -2.12. The fourth-order valence-corrected chi connectivity index (χ4v) is 1.90. The van der Waals surface area contributed by atoms with Crippen molar-refractivity contribution in [2.75, 3.05) is 23.8 Å². The highest BCUT2D eigenvalue weighted by molar-refractivity contribution is 7.80. The predicted octanol–water partition coefficient (Wildman–Crippen LogP) is 1.33. The molecule has 0 aliphatic carbocycles. The summed E-state index contributed by atoms with van der Waals surface area (Å²) >= 11 is 4.78. The van der Waals surface area contributed by atoms with Crippen LogP contribution in [-0.2, 0) is 6.42 Å². The van der Waals surface area contributed by atoms with E-state index in [-0.39, 0.29) is 0 Å². The first kappa shape index (κ1) is 9.27. The van der Waals surface area contributed by atoms with Gasteiger partial charge in [-0.15, -0.1) is 0 Å².